The number of benzene rings is 1. The number of nitrogens with zero attached hydrogens (tertiary/aromatic N) is 3. The van der Waals surface area contributed by atoms with Crippen molar-refractivity contribution < 1.29 is 22.8 Å². The lowest BCUT2D eigenvalue weighted by Gasteiger charge is -2.34. The Balaban J connectivity index is 1.57. The molecular weight excluding hydrogens is 432 g/mol. The molecule has 0 spiro atoms. The van der Waals surface area contributed by atoms with Gasteiger partial charge in [0, 0.05) is 6.54 Å². The first kappa shape index (κ1) is 22.7. The predicted octanol–water partition coefficient (Wildman–Crippen LogP) is 3.86. The van der Waals surface area contributed by atoms with Gasteiger partial charge in [0.2, 0.25) is 10.0 Å². The third-order valence-corrected chi connectivity index (χ3v) is 8.43. The second-order valence-corrected chi connectivity index (χ2v) is 10.7. The highest BCUT2D eigenvalue weighted by atomic mass is 32.2. The second kappa shape index (κ2) is 9.99. The smallest absolute Gasteiger partial charge is 0.405 e. The molecule has 2 aliphatic rings. The first-order chi connectivity index (χ1) is 15.4. The van der Waals surface area contributed by atoms with E-state index in [1.165, 1.54) is 6.42 Å². The van der Waals surface area contributed by atoms with E-state index in [1.807, 2.05) is 6.07 Å². The van der Waals surface area contributed by atoms with Gasteiger partial charge in [0.05, 0.1) is 11.8 Å². The Bertz CT molecular complexity index is 1000. The van der Waals surface area contributed by atoms with Gasteiger partial charge in [0.15, 0.2) is 5.82 Å². The summed E-state index contributed by atoms with van der Waals surface area (Å²) in [6.07, 6.45) is 6.37. The van der Waals surface area contributed by atoms with Crippen LogP contribution in [-0.4, -0.2) is 46.4 Å². The average molecular weight is 463 g/mol. The molecule has 174 valence electrons. The predicted molar refractivity (Wildman–Crippen MR) is 117 cm³/mol. The van der Waals surface area contributed by atoms with E-state index in [2.05, 4.69) is 15.5 Å². The zero-order valence-electron chi connectivity index (χ0n) is 18.0. The van der Waals surface area contributed by atoms with Crippen LogP contribution in [0.3, 0.4) is 0 Å². The third-order valence-electron chi connectivity index (χ3n) is 6.39. The highest BCUT2D eigenvalue weighted by molar-refractivity contribution is 7.89. The first-order valence-electron chi connectivity index (χ1n) is 11.3. The quantitative estimate of drug-likeness (QED) is 0.640. The molecule has 1 saturated heterocycles. The van der Waals surface area contributed by atoms with Crippen LogP contribution in [0.4, 0.5) is 4.79 Å². The van der Waals surface area contributed by atoms with Gasteiger partial charge in [-0.3, -0.25) is 0 Å². The molecule has 9 nitrogen and oxygen atoms in total. The maximum atomic E-state index is 13.3. The van der Waals surface area contributed by atoms with Crippen molar-refractivity contribution in [1.29, 1.82) is 0 Å². The van der Waals surface area contributed by atoms with Crippen LogP contribution in [0.5, 0.6) is 0 Å². The van der Waals surface area contributed by atoms with Crippen LogP contribution in [-0.2, 0) is 10.0 Å². The summed E-state index contributed by atoms with van der Waals surface area (Å²) < 4.78 is 33.6. The van der Waals surface area contributed by atoms with Gasteiger partial charge in [0.1, 0.15) is 6.04 Å². The molecule has 0 bridgehead atoms. The van der Waals surface area contributed by atoms with Crippen molar-refractivity contribution >= 4 is 16.1 Å². The fourth-order valence-corrected chi connectivity index (χ4v) is 6.92. The molecule has 10 heteroatoms. The molecule has 2 N–H and O–H groups in total. The summed E-state index contributed by atoms with van der Waals surface area (Å²) in [5.41, 5.74) is 0.663. The molecule has 2 aromatic rings. The molecule has 0 radical (unpaired) electrons. The Morgan fingerprint density at radius 1 is 1.12 bits per heavy atom. The van der Waals surface area contributed by atoms with Crippen molar-refractivity contribution in [3.63, 3.8) is 0 Å². The van der Waals surface area contributed by atoms with Crippen LogP contribution < -0.4 is 5.32 Å². The lowest BCUT2D eigenvalue weighted by atomic mass is 9.91. The van der Waals surface area contributed by atoms with Crippen LogP contribution >= 0.6 is 0 Å². The highest BCUT2D eigenvalue weighted by Crippen LogP contribution is 2.35. The van der Waals surface area contributed by atoms with Crippen LogP contribution in [0.25, 0.3) is 0 Å². The topological polar surface area (TPSA) is 126 Å². The van der Waals surface area contributed by atoms with Crippen LogP contribution in [0, 0.1) is 5.92 Å². The number of carbonyl (C=O) groups is 1. The number of piperidine rings is 1. The molecule has 1 aliphatic heterocycles. The van der Waals surface area contributed by atoms with Crippen molar-refractivity contribution in [2.24, 2.45) is 5.92 Å². The first-order valence-corrected chi connectivity index (χ1v) is 12.9. The van der Waals surface area contributed by atoms with E-state index in [9.17, 15) is 18.3 Å². The van der Waals surface area contributed by atoms with Crippen molar-refractivity contribution in [2.45, 2.75) is 63.5 Å². The van der Waals surface area contributed by atoms with Gasteiger partial charge in [-0.1, -0.05) is 61.2 Å². The third kappa shape index (κ3) is 5.29. The zero-order chi connectivity index (χ0) is 22.6. The lowest BCUT2D eigenvalue weighted by Crippen LogP contribution is -2.41. The van der Waals surface area contributed by atoms with Gasteiger partial charge >= 0.3 is 6.09 Å². The molecule has 32 heavy (non-hydrogen) atoms. The van der Waals surface area contributed by atoms with Gasteiger partial charge in [0.25, 0.3) is 5.89 Å². The maximum absolute atomic E-state index is 13.3. The normalized spacial score (nSPS) is 21.8. The minimum absolute atomic E-state index is 0.101. The van der Waals surface area contributed by atoms with Gasteiger partial charge < -0.3 is 14.9 Å². The molecule has 1 saturated carbocycles. The fraction of sp³-hybridized carbons (Fsp3) is 0.591. The largest absolute Gasteiger partial charge is 0.465 e. The van der Waals surface area contributed by atoms with Crippen LogP contribution in [0.2, 0.25) is 0 Å². The molecule has 1 aromatic heterocycles. The van der Waals surface area contributed by atoms with E-state index in [0.29, 0.717) is 24.4 Å². The standard InChI is InChI=1S/C22H30N4O5S/c27-22(28)23-19(17-11-5-2-6-12-17)21-24-20(25-31-21)18-13-7-8-14-26(18)32(29,30)15-16-9-3-1-4-10-16/h2,5-6,11-12,16,18-19,23H,1,3-4,7-10,13-15H2,(H,27,28)/t18-,19?/m0/s1. The van der Waals surface area contributed by atoms with E-state index in [0.717, 1.165) is 38.5 Å². The van der Waals surface area contributed by atoms with Crippen molar-refractivity contribution in [3.05, 3.63) is 47.6 Å². The number of sulfonamides is 1. The lowest BCUT2D eigenvalue weighted by molar-refractivity contribution is 0.189. The number of carboxylic acid groups (broad SMARTS) is 1. The average Bonchev–Trinajstić information content (AvgIpc) is 3.28. The van der Waals surface area contributed by atoms with Crippen molar-refractivity contribution in [1.82, 2.24) is 19.8 Å². The van der Waals surface area contributed by atoms with Crippen LogP contribution in [0.1, 0.15) is 80.7 Å². The second-order valence-electron chi connectivity index (χ2n) is 8.69. The summed E-state index contributed by atoms with van der Waals surface area (Å²) in [6, 6.07) is 7.64. The molecule has 2 atom stereocenters. The molecule has 2 fully saturated rings. The minimum atomic E-state index is -3.46. The monoisotopic (exact) mass is 462 g/mol. The summed E-state index contributed by atoms with van der Waals surface area (Å²) >= 11 is 0. The Hall–Kier alpha value is -2.46. The Morgan fingerprint density at radius 2 is 1.84 bits per heavy atom. The summed E-state index contributed by atoms with van der Waals surface area (Å²) in [7, 11) is -3.46. The number of rotatable bonds is 7. The van der Waals surface area contributed by atoms with Crippen LogP contribution in [0.15, 0.2) is 34.9 Å². The number of hydrogen-bond donors (Lipinski definition) is 2. The van der Waals surface area contributed by atoms with Gasteiger partial charge in [-0.25, -0.2) is 13.2 Å². The highest BCUT2D eigenvalue weighted by Gasteiger charge is 2.38. The molecule has 1 unspecified atom stereocenters. The van der Waals surface area contributed by atoms with E-state index in [-0.39, 0.29) is 17.6 Å². The number of amides is 1. The minimum Gasteiger partial charge on any atom is -0.465 e. The summed E-state index contributed by atoms with van der Waals surface area (Å²) in [5, 5.41) is 15.8. The van der Waals surface area contributed by atoms with E-state index in [1.54, 1.807) is 28.6 Å². The Labute approximate surface area is 188 Å². The fourth-order valence-electron chi connectivity index (χ4n) is 4.80. The van der Waals surface area contributed by atoms with Crippen molar-refractivity contribution in [3.8, 4) is 0 Å². The molecule has 2 heterocycles. The van der Waals surface area contributed by atoms with E-state index < -0.39 is 28.2 Å². The number of hydrogen-bond acceptors (Lipinski definition) is 6. The Morgan fingerprint density at radius 3 is 2.56 bits per heavy atom. The zero-order valence-corrected chi connectivity index (χ0v) is 18.8. The maximum Gasteiger partial charge on any atom is 0.405 e. The molecule has 1 aliphatic carbocycles. The van der Waals surface area contributed by atoms with E-state index in [4.69, 9.17) is 4.52 Å². The van der Waals surface area contributed by atoms with Gasteiger partial charge in [-0.2, -0.15) is 9.29 Å². The van der Waals surface area contributed by atoms with Gasteiger partial charge in [-0.15, -0.1) is 0 Å². The Kier molecular flexibility index (Phi) is 7.10. The molecule has 1 aromatic carbocycles. The van der Waals surface area contributed by atoms with E-state index >= 15 is 0 Å². The molecule has 4 rings (SSSR count). The van der Waals surface area contributed by atoms with Crippen molar-refractivity contribution in [2.75, 3.05) is 12.3 Å². The molecular formula is C22H30N4O5S. The number of aromatic nitrogens is 2. The SMILES string of the molecule is O=C(O)NC(c1ccccc1)c1nc([C@@H]2CCCCN2S(=O)(=O)CC2CCCCC2)no1. The summed E-state index contributed by atoms with van der Waals surface area (Å²) in [5.74, 6) is 0.768. The number of nitrogens with one attached hydrogen (secondary N) is 1. The molecule has 1 amide bonds. The van der Waals surface area contributed by atoms with Gasteiger partial charge in [-0.05, 0) is 37.2 Å². The summed E-state index contributed by atoms with van der Waals surface area (Å²) in [4.78, 5) is 15.8. The summed E-state index contributed by atoms with van der Waals surface area (Å²) in [6.45, 7) is 0.444.